The minimum atomic E-state index is -0.652. The predicted octanol–water partition coefficient (Wildman–Crippen LogP) is 6.64. The Hall–Kier alpha value is -4.64. The van der Waals surface area contributed by atoms with Crippen molar-refractivity contribution in [3.05, 3.63) is 103 Å². The number of ether oxygens (including phenoxy) is 2. The average molecular weight is 599 g/mol. The van der Waals surface area contributed by atoms with Gasteiger partial charge in [-0.3, -0.25) is 14.6 Å². The van der Waals surface area contributed by atoms with Crippen molar-refractivity contribution in [3.8, 4) is 21.9 Å². The van der Waals surface area contributed by atoms with Crippen molar-refractivity contribution >= 4 is 44.7 Å². The predicted molar refractivity (Wildman–Crippen MR) is 168 cm³/mol. The lowest BCUT2D eigenvalue weighted by atomic mass is 10.1. The van der Waals surface area contributed by atoms with Crippen LogP contribution in [0.4, 0.5) is 15.8 Å². The van der Waals surface area contributed by atoms with E-state index in [1.165, 1.54) is 29.0 Å². The molecule has 0 atom stereocenters. The van der Waals surface area contributed by atoms with Crippen molar-refractivity contribution in [2.75, 3.05) is 37.4 Å². The average Bonchev–Trinajstić information content (AvgIpc) is 3.45. The molecule has 0 fully saturated rings. The molecule has 0 aliphatic rings. The quantitative estimate of drug-likeness (QED) is 0.104. The molecule has 0 radical (unpaired) electrons. The summed E-state index contributed by atoms with van der Waals surface area (Å²) in [7, 11) is 1.69. The van der Waals surface area contributed by atoms with Crippen LogP contribution >= 0.6 is 11.3 Å². The Morgan fingerprint density at radius 1 is 0.860 bits per heavy atom. The number of hydrogen-bond donors (Lipinski definition) is 3. The number of nitrogens with one attached hydrogen (secondary N) is 3. The lowest BCUT2D eigenvalue weighted by Gasteiger charge is -2.10. The number of carbonyl (C=O) groups excluding carboxylic acids is 2. The number of benzene rings is 3. The maximum Gasteiger partial charge on any atom is 0.233 e. The first-order valence-electron chi connectivity index (χ1n) is 13.8. The third kappa shape index (κ3) is 8.23. The first-order chi connectivity index (χ1) is 21.0. The molecule has 5 aromatic rings. The fourth-order valence-corrected chi connectivity index (χ4v) is 5.43. The molecule has 2 aromatic heterocycles. The molecule has 2 heterocycles. The van der Waals surface area contributed by atoms with Crippen LogP contribution in [0.2, 0.25) is 0 Å². The second-order valence-electron chi connectivity index (χ2n) is 9.71. The van der Waals surface area contributed by atoms with E-state index in [9.17, 15) is 9.59 Å². The molecule has 0 aliphatic carbocycles. The van der Waals surface area contributed by atoms with Gasteiger partial charge in [-0.15, -0.1) is 11.3 Å². The number of pyridine rings is 1. The maximum absolute atomic E-state index is 15.0. The Kier molecular flexibility index (Phi) is 10.1. The number of fused-ring (bicyclic) bond motifs is 1. The SMILES string of the molecule is COCCNCCc1ccc(-c2cc3nccc(Oc4ccc(NC(=O)CC(=O)Nc5ccccc5)cc4F)c3s2)cc1. The van der Waals surface area contributed by atoms with Gasteiger partial charge in [-0.25, -0.2) is 4.39 Å². The van der Waals surface area contributed by atoms with Crippen LogP contribution in [0.15, 0.2) is 91.1 Å². The van der Waals surface area contributed by atoms with Gasteiger partial charge in [0.1, 0.15) is 12.2 Å². The number of carbonyl (C=O) groups is 2. The van der Waals surface area contributed by atoms with Crippen molar-refractivity contribution in [2.45, 2.75) is 12.8 Å². The number of anilines is 2. The second-order valence-corrected chi connectivity index (χ2v) is 10.8. The fraction of sp³-hybridized carbons (Fsp3) is 0.182. The van der Waals surface area contributed by atoms with Gasteiger partial charge >= 0.3 is 0 Å². The molecular weight excluding hydrogens is 567 g/mol. The summed E-state index contributed by atoms with van der Waals surface area (Å²) in [5, 5.41) is 8.55. The van der Waals surface area contributed by atoms with Gasteiger partial charge < -0.3 is 25.4 Å². The summed E-state index contributed by atoms with van der Waals surface area (Å²) >= 11 is 1.52. The Morgan fingerprint density at radius 2 is 1.63 bits per heavy atom. The minimum absolute atomic E-state index is 0.00531. The number of thiophene rings is 1. The van der Waals surface area contributed by atoms with Crippen molar-refractivity contribution in [1.29, 1.82) is 0 Å². The van der Waals surface area contributed by atoms with Crippen molar-refractivity contribution in [2.24, 2.45) is 0 Å². The van der Waals surface area contributed by atoms with Crippen LogP contribution in [0, 0.1) is 5.82 Å². The minimum Gasteiger partial charge on any atom is -0.453 e. The topological polar surface area (TPSA) is 102 Å². The number of aromatic nitrogens is 1. The molecule has 10 heteroatoms. The highest BCUT2D eigenvalue weighted by Crippen LogP contribution is 2.39. The number of amides is 2. The van der Waals surface area contributed by atoms with Crippen LogP contribution in [-0.2, 0) is 20.7 Å². The first-order valence-corrected chi connectivity index (χ1v) is 14.6. The summed E-state index contributed by atoms with van der Waals surface area (Å²) in [5.41, 5.74) is 3.86. The zero-order valence-electron chi connectivity index (χ0n) is 23.6. The second kappa shape index (κ2) is 14.5. The third-order valence-corrected chi connectivity index (χ3v) is 7.69. The fourth-order valence-electron chi connectivity index (χ4n) is 4.36. The van der Waals surface area contributed by atoms with E-state index in [0.717, 1.165) is 46.2 Å². The Bertz CT molecular complexity index is 1690. The summed E-state index contributed by atoms with van der Waals surface area (Å²) in [6.45, 7) is 2.40. The molecular formula is C33H31FN4O4S. The van der Waals surface area contributed by atoms with Crippen LogP contribution in [0.5, 0.6) is 11.5 Å². The molecule has 5 rings (SSSR count). The highest BCUT2D eigenvalue weighted by atomic mass is 32.1. The highest BCUT2D eigenvalue weighted by molar-refractivity contribution is 7.22. The van der Waals surface area contributed by atoms with Crippen LogP contribution in [-0.4, -0.2) is 43.6 Å². The van der Waals surface area contributed by atoms with Gasteiger partial charge in [-0.2, -0.15) is 0 Å². The lowest BCUT2D eigenvalue weighted by molar-refractivity contribution is -0.123. The van der Waals surface area contributed by atoms with Gasteiger partial charge in [0.2, 0.25) is 11.8 Å². The number of para-hydroxylation sites is 1. The number of halogens is 1. The molecule has 0 saturated carbocycles. The third-order valence-electron chi connectivity index (χ3n) is 6.50. The number of rotatable bonds is 13. The summed E-state index contributed by atoms with van der Waals surface area (Å²) in [4.78, 5) is 30.0. The van der Waals surface area contributed by atoms with Crippen molar-refractivity contribution in [1.82, 2.24) is 10.3 Å². The summed E-state index contributed by atoms with van der Waals surface area (Å²) in [5.74, 6) is -1.20. The smallest absolute Gasteiger partial charge is 0.233 e. The van der Waals surface area contributed by atoms with Gasteiger partial charge in [-0.1, -0.05) is 42.5 Å². The summed E-state index contributed by atoms with van der Waals surface area (Å²) in [6, 6.07) is 25.1. The van der Waals surface area contributed by atoms with Crippen LogP contribution in [0.1, 0.15) is 12.0 Å². The van der Waals surface area contributed by atoms with Crippen LogP contribution < -0.4 is 20.7 Å². The first kappa shape index (κ1) is 29.8. The van der Waals surface area contributed by atoms with Crippen molar-refractivity contribution in [3.63, 3.8) is 0 Å². The highest BCUT2D eigenvalue weighted by Gasteiger charge is 2.15. The molecule has 0 saturated heterocycles. The number of nitrogens with zero attached hydrogens (tertiary/aromatic N) is 1. The molecule has 0 unspecified atom stereocenters. The van der Waals surface area contributed by atoms with E-state index >= 15 is 4.39 Å². The van der Waals surface area contributed by atoms with Crippen LogP contribution in [0.3, 0.4) is 0 Å². The molecule has 220 valence electrons. The maximum atomic E-state index is 15.0. The Balaban J connectivity index is 1.21. The van der Waals surface area contributed by atoms with E-state index in [0.29, 0.717) is 18.0 Å². The number of methoxy groups -OCH3 is 1. The van der Waals surface area contributed by atoms with Crippen LogP contribution in [0.25, 0.3) is 20.7 Å². The molecule has 8 nitrogen and oxygen atoms in total. The van der Waals surface area contributed by atoms with E-state index in [4.69, 9.17) is 9.47 Å². The molecule has 0 spiro atoms. The molecule has 0 bridgehead atoms. The summed E-state index contributed by atoms with van der Waals surface area (Å²) < 4.78 is 26.8. The van der Waals surface area contributed by atoms with Gasteiger partial charge in [-0.05, 0) is 54.4 Å². The van der Waals surface area contributed by atoms with Crippen molar-refractivity contribution < 1.29 is 23.5 Å². The molecule has 2 amide bonds. The number of hydrogen-bond acceptors (Lipinski definition) is 7. The Morgan fingerprint density at radius 3 is 2.37 bits per heavy atom. The van der Waals surface area contributed by atoms with E-state index in [2.05, 4.69) is 45.2 Å². The lowest BCUT2D eigenvalue weighted by Crippen LogP contribution is -2.21. The normalized spacial score (nSPS) is 10.9. The van der Waals surface area contributed by atoms with E-state index in [1.54, 1.807) is 43.6 Å². The zero-order valence-corrected chi connectivity index (χ0v) is 24.4. The molecule has 0 aliphatic heterocycles. The Labute approximate surface area is 252 Å². The molecule has 3 N–H and O–H groups in total. The molecule has 43 heavy (non-hydrogen) atoms. The monoisotopic (exact) mass is 598 g/mol. The van der Waals surface area contributed by atoms with Gasteiger partial charge in [0.15, 0.2) is 11.6 Å². The van der Waals surface area contributed by atoms with Gasteiger partial charge in [0.25, 0.3) is 0 Å². The van der Waals surface area contributed by atoms with Gasteiger partial charge in [0.05, 0.1) is 16.8 Å². The standard InChI is InChI=1S/C33H31FN4O4S/c1-41-18-17-35-15-13-22-7-9-23(10-8-22)30-20-27-33(43-30)29(14-16-36-27)42-28-12-11-25(19-26(28)34)38-32(40)21-31(39)37-24-5-3-2-4-6-24/h2-12,14,16,19-20,35H,13,15,17-18,21H2,1H3,(H,37,39)(H,38,40). The molecule has 3 aromatic carbocycles. The van der Waals surface area contributed by atoms with Gasteiger partial charge in [0, 0.05) is 48.2 Å². The largest absolute Gasteiger partial charge is 0.453 e. The summed E-state index contributed by atoms with van der Waals surface area (Å²) in [6.07, 6.45) is 2.15. The zero-order chi connectivity index (χ0) is 30.0. The van der Waals surface area contributed by atoms with E-state index in [-0.39, 0.29) is 11.4 Å². The van der Waals surface area contributed by atoms with E-state index in [1.807, 2.05) is 12.1 Å². The van der Waals surface area contributed by atoms with E-state index < -0.39 is 24.1 Å².